The van der Waals surface area contributed by atoms with Gasteiger partial charge in [0.05, 0.1) is 11.1 Å². The van der Waals surface area contributed by atoms with Crippen LogP contribution in [-0.2, 0) is 4.79 Å². The average molecular weight is 442 g/mol. The van der Waals surface area contributed by atoms with E-state index in [-0.39, 0.29) is 11.8 Å². The lowest BCUT2D eigenvalue weighted by molar-refractivity contribution is -0.134. The van der Waals surface area contributed by atoms with Gasteiger partial charge >= 0.3 is 0 Å². The molecule has 5 rings (SSSR count). The van der Waals surface area contributed by atoms with Gasteiger partial charge in [0.25, 0.3) is 5.89 Å². The second kappa shape index (κ2) is 8.65. The molecule has 3 heterocycles. The smallest absolute Gasteiger partial charge is 0.258 e. The summed E-state index contributed by atoms with van der Waals surface area (Å²) in [5.41, 5.74) is 3.81. The second-order valence-electron chi connectivity index (χ2n) is 8.81. The van der Waals surface area contributed by atoms with E-state index in [4.69, 9.17) is 14.5 Å². The number of piperazine rings is 1. The molecule has 168 valence electrons. The summed E-state index contributed by atoms with van der Waals surface area (Å²) >= 11 is 0. The normalized spacial score (nSPS) is 14.3. The van der Waals surface area contributed by atoms with Gasteiger partial charge < -0.3 is 14.3 Å². The van der Waals surface area contributed by atoms with Gasteiger partial charge in [0.1, 0.15) is 5.82 Å². The predicted octanol–water partition coefficient (Wildman–Crippen LogP) is 4.56. The van der Waals surface area contributed by atoms with Crippen molar-refractivity contribution in [2.24, 2.45) is 5.92 Å². The fraction of sp³-hybridized carbons (Fsp3) is 0.308. The van der Waals surface area contributed by atoms with Crippen LogP contribution in [0.4, 0.5) is 5.82 Å². The van der Waals surface area contributed by atoms with Crippen LogP contribution in [0.2, 0.25) is 0 Å². The van der Waals surface area contributed by atoms with Gasteiger partial charge in [-0.1, -0.05) is 48.8 Å². The summed E-state index contributed by atoms with van der Waals surface area (Å²) < 4.78 is 5.60. The van der Waals surface area contributed by atoms with E-state index in [2.05, 4.69) is 35.2 Å². The summed E-state index contributed by atoms with van der Waals surface area (Å²) in [4.78, 5) is 26.3. The Morgan fingerprint density at radius 2 is 1.73 bits per heavy atom. The van der Waals surface area contributed by atoms with Gasteiger partial charge in [0, 0.05) is 43.0 Å². The summed E-state index contributed by atoms with van der Waals surface area (Å²) in [7, 11) is 0. The number of anilines is 1. The van der Waals surface area contributed by atoms with Crippen LogP contribution in [0.15, 0.2) is 59.1 Å². The number of fused-ring (bicyclic) bond motifs is 1. The van der Waals surface area contributed by atoms with Crippen molar-refractivity contribution in [3.63, 3.8) is 0 Å². The lowest BCUT2D eigenvalue weighted by atomic mass is 10.1. The van der Waals surface area contributed by atoms with Crippen molar-refractivity contribution in [2.75, 3.05) is 31.1 Å². The molecule has 2 aromatic carbocycles. The summed E-state index contributed by atoms with van der Waals surface area (Å²) in [6.45, 7) is 8.72. The first-order chi connectivity index (χ1) is 16.0. The number of aromatic nitrogens is 3. The Bertz CT molecular complexity index is 1290. The molecular weight excluding hydrogens is 414 g/mol. The number of hydrogen-bond donors (Lipinski definition) is 0. The Morgan fingerprint density at radius 1 is 0.970 bits per heavy atom. The molecule has 33 heavy (non-hydrogen) atoms. The number of pyridine rings is 1. The molecule has 0 unspecified atom stereocenters. The monoisotopic (exact) mass is 441 g/mol. The number of rotatable bonds is 4. The van der Waals surface area contributed by atoms with E-state index in [9.17, 15) is 4.79 Å². The number of carbonyl (C=O) groups excluding carboxylic acids is 1. The molecule has 0 bridgehead atoms. The minimum absolute atomic E-state index is 0.00452. The van der Waals surface area contributed by atoms with Crippen LogP contribution in [0.1, 0.15) is 19.4 Å². The van der Waals surface area contributed by atoms with Gasteiger partial charge in [0.2, 0.25) is 11.7 Å². The highest BCUT2D eigenvalue weighted by atomic mass is 16.5. The molecular formula is C26H27N5O2. The third kappa shape index (κ3) is 4.18. The van der Waals surface area contributed by atoms with E-state index in [0.717, 1.165) is 27.8 Å². The molecule has 4 aromatic rings. The Morgan fingerprint density at radius 3 is 2.45 bits per heavy atom. The molecule has 7 heteroatoms. The molecule has 0 saturated carbocycles. The van der Waals surface area contributed by atoms with Crippen LogP contribution < -0.4 is 4.90 Å². The minimum Gasteiger partial charge on any atom is -0.352 e. The van der Waals surface area contributed by atoms with E-state index in [1.165, 1.54) is 5.56 Å². The van der Waals surface area contributed by atoms with Crippen molar-refractivity contribution in [3.8, 4) is 22.8 Å². The van der Waals surface area contributed by atoms with E-state index in [1.54, 1.807) is 0 Å². The molecule has 7 nitrogen and oxygen atoms in total. The van der Waals surface area contributed by atoms with Crippen molar-refractivity contribution in [1.82, 2.24) is 20.0 Å². The molecule has 1 fully saturated rings. The van der Waals surface area contributed by atoms with E-state index in [0.29, 0.717) is 37.9 Å². The van der Waals surface area contributed by atoms with Crippen LogP contribution in [0.5, 0.6) is 0 Å². The van der Waals surface area contributed by atoms with Crippen molar-refractivity contribution < 1.29 is 9.32 Å². The van der Waals surface area contributed by atoms with E-state index >= 15 is 0 Å². The SMILES string of the molecule is Cc1ccc2nc(N3CCN(C(=O)C(C)C)CC3)c(-c3noc(-c4ccccc4)n3)cc2c1. The molecule has 1 amide bonds. The number of hydrogen-bond acceptors (Lipinski definition) is 6. The van der Waals surface area contributed by atoms with Crippen molar-refractivity contribution in [2.45, 2.75) is 20.8 Å². The predicted molar refractivity (Wildman–Crippen MR) is 129 cm³/mol. The molecule has 0 atom stereocenters. The highest BCUT2D eigenvalue weighted by Crippen LogP contribution is 2.33. The molecule has 0 spiro atoms. The summed E-state index contributed by atoms with van der Waals surface area (Å²) in [5, 5.41) is 5.33. The number of aryl methyl sites for hydroxylation is 1. The Kier molecular flexibility index (Phi) is 5.54. The van der Waals surface area contributed by atoms with Crippen molar-refractivity contribution >= 4 is 22.6 Å². The number of carbonyl (C=O) groups is 1. The van der Waals surface area contributed by atoms with Crippen LogP contribution in [0.3, 0.4) is 0 Å². The standard InChI is InChI=1S/C26H27N5O2/c1-17(2)26(32)31-13-11-30(12-14-31)24-21(16-20-15-18(3)9-10-22(20)27-24)23-28-25(33-29-23)19-7-5-4-6-8-19/h4-10,15-17H,11-14H2,1-3H3. The fourth-order valence-electron chi connectivity index (χ4n) is 4.23. The quantitative estimate of drug-likeness (QED) is 0.462. The van der Waals surface area contributed by atoms with Gasteiger partial charge in [-0.3, -0.25) is 4.79 Å². The third-order valence-corrected chi connectivity index (χ3v) is 6.02. The Hall–Kier alpha value is -3.74. The van der Waals surface area contributed by atoms with E-state index in [1.807, 2.05) is 55.1 Å². The van der Waals surface area contributed by atoms with Crippen LogP contribution >= 0.6 is 0 Å². The molecule has 2 aromatic heterocycles. The number of nitrogens with zero attached hydrogens (tertiary/aromatic N) is 5. The second-order valence-corrected chi connectivity index (χ2v) is 8.81. The molecule has 1 aliphatic heterocycles. The first kappa shape index (κ1) is 21.1. The average Bonchev–Trinajstić information content (AvgIpc) is 3.33. The summed E-state index contributed by atoms with van der Waals surface area (Å²) in [6.07, 6.45) is 0. The number of benzene rings is 2. The molecule has 0 aliphatic carbocycles. The topological polar surface area (TPSA) is 75.4 Å². The molecule has 1 saturated heterocycles. The van der Waals surface area contributed by atoms with Crippen LogP contribution in [0, 0.1) is 12.8 Å². The largest absolute Gasteiger partial charge is 0.352 e. The van der Waals surface area contributed by atoms with Gasteiger partial charge in [-0.25, -0.2) is 4.98 Å². The van der Waals surface area contributed by atoms with Crippen LogP contribution in [0.25, 0.3) is 33.7 Å². The Balaban J connectivity index is 1.53. The zero-order chi connectivity index (χ0) is 22.9. The summed E-state index contributed by atoms with van der Waals surface area (Å²) in [5.74, 6) is 2.02. The maximum Gasteiger partial charge on any atom is 0.258 e. The lowest BCUT2D eigenvalue weighted by Gasteiger charge is -2.36. The zero-order valence-corrected chi connectivity index (χ0v) is 19.2. The third-order valence-electron chi connectivity index (χ3n) is 6.02. The Labute approximate surface area is 193 Å². The minimum atomic E-state index is 0.00452. The lowest BCUT2D eigenvalue weighted by Crippen LogP contribution is -2.50. The van der Waals surface area contributed by atoms with Gasteiger partial charge in [-0.15, -0.1) is 0 Å². The summed E-state index contributed by atoms with van der Waals surface area (Å²) in [6, 6.07) is 18.1. The van der Waals surface area contributed by atoms with Crippen LogP contribution in [-0.4, -0.2) is 52.1 Å². The zero-order valence-electron chi connectivity index (χ0n) is 19.2. The maximum absolute atomic E-state index is 12.4. The molecule has 0 radical (unpaired) electrons. The van der Waals surface area contributed by atoms with Crippen molar-refractivity contribution in [1.29, 1.82) is 0 Å². The van der Waals surface area contributed by atoms with Gasteiger partial charge in [-0.2, -0.15) is 4.98 Å². The fourth-order valence-corrected chi connectivity index (χ4v) is 4.23. The first-order valence-corrected chi connectivity index (χ1v) is 11.3. The van der Waals surface area contributed by atoms with Gasteiger partial charge in [-0.05, 0) is 37.3 Å². The van der Waals surface area contributed by atoms with Crippen molar-refractivity contribution in [3.05, 3.63) is 60.2 Å². The van der Waals surface area contributed by atoms with Gasteiger partial charge in [0.15, 0.2) is 0 Å². The highest BCUT2D eigenvalue weighted by Gasteiger charge is 2.26. The maximum atomic E-state index is 12.4. The molecule has 1 aliphatic rings. The van der Waals surface area contributed by atoms with E-state index < -0.39 is 0 Å². The molecule has 0 N–H and O–H groups in total. The highest BCUT2D eigenvalue weighted by molar-refractivity contribution is 5.89. The first-order valence-electron chi connectivity index (χ1n) is 11.3. The number of amides is 1.